The van der Waals surface area contributed by atoms with Crippen LogP contribution in [0.15, 0.2) is 10.5 Å². The summed E-state index contributed by atoms with van der Waals surface area (Å²) in [4.78, 5) is 12.1. The van der Waals surface area contributed by atoms with Gasteiger partial charge in [0.25, 0.3) is 0 Å². The molecule has 0 spiro atoms. The van der Waals surface area contributed by atoms with Gasteiger partial charge >= 0.3 is 0 Å². The van der Waals surface area contributed by atoms with Gasteiger partial charge in [-0.1, -0.05) is 0 Å². The summed E-state index contributed by atoms with van der Waals surface area (Å²) in [6, 6.07) is 1.80. The van der Waals surface area contributed by atoms with Gasteiger partial charge in [0, 0.05) is 28.4 Å². The summed E-state index contributed by atoms with van der Waals surface area (Å²) in [5, 5.41) is 0. The fourth-order valence-electron chi connectivity index (χ4n) is 2.03. The number of benzene rings is 1. The molecule has 1 aliphatic heterocycles. The summed E-state index contributed by atoms with van der Waals surface area (Å²) in [7, 11) is 0. The van der Waals surface area contributed by atoms with Crippen LogP contribution in [0.4, 0.5) is 0 Å². The van der Waals surface area contributed by atoms with Crippen molar-refractivity contribution in [1.82, 2.24) is 0 Å². The van der Waals surface area contributed by atoms with Crippen LogP contribution in [0.3, 0.4) is 0 Å². The molecule has 0 amide bonds. The third kappa shape index (κ3) is 2.52. The number of ketones is 1. The van der Waals surface area contributed by atoms with Crippen molar-refractivity contribution in [2.75, 3.05) is 19.8 Å². The van der Waals surface area contributed by atoms with E-state index in [4.69, 9.17) is 15.2 Å². The quantitative estimate of drug-likeness (QED) is 0.871. The fourth-order valence-corrected chi connectivity index (χ4v) is 2.76. The van der Waals surface area contributed by atoms with Crippen molar-refractivity contribution in [3.8, 4) is 11.5 Å². The number of carbonyl (C=O) groups excluding carboxylic acids is 1. The Morgan fingerprint density at radius 3 is 2.89 bits per heavy atom. The molecule has 0 fully saturated rings. The summed E-state index contributed by atoms with van der Waals surface area (Å²) in [5.74, 6) is 1.40. The van der Waals surface area contributed by atoms with Crippen molar-refractivity contribution in [2.24, 2.45) is 5.73 Å². The Labute approximate surface area is 115 Å². The van der Waals surface area contributed by atoms with Crippen molar-refractivity contribution in [2.45, 2.75) is 19.8 Å². The van der Waals surface area contributed by atoms with Crippen LogP contribution in [0.2, 0.25) is 0 Å². The molecule has 1 aliphatic rings. The van der Waals surface area contributed by atoms with E-state index < -0.39 is 0 Å². The van der Waals surface area contributed by atoms with Crippen LogP contribution in [-0.4, -0.2) is 25.5 Å². The van der Waals surface area contributed by atoms with E-state index in [1.807, 2.05) is 6.92 Å². The zero-order valence-corrected chi connectivity index (χ0v) is 11.9. The largest absolute Gasteiger partial charge is 0.490 e. The van der Waals surface area contributed by atoms with E-state index in [2.05, 4.69) is 15.9 Å². The first-order valence-electron chi connectivity index (χ1n) is 5.97. The predicted octanol–water partition coefficient (Wildman–Crippen LogP) is 2.45. The van der Waals surface area contributed by atoms with Gasteiger partial charge in [0.15, 0.2) is 17.3 Å². The summed E-state index contributed by atoms with van der Waals surface area (Å²) in [6.45, 7) is 3.47. The number of hydrogen-bond donors (Lipinski definition) is 1. The number of ether oxygens (including phenoxy) is 2. The maximum Gasteiger partial charge on any atom is 0.165 e. The van der Waals surface area contributed by atoms with Crippen LogP contribution in [0, 0.1) is 6.92 Å². The molecule has 1 aromatic carbocycles. The molecule has 5 heteroatoms. The predicted molar refractivity (Wildman–Crippen MR) is 72.5 cm³/mol. The highest BCUT2D eigenvalue weighted by atomic mass is 79.9. The van der Waals surface area contributed by atoms with Gasteiger partial charge in [-0.2, -0.15) is 0 Å². The molecule has 1 heterocycles. The maximum absolute atomic E-state index is 12.1. The monoisotopic (exact) mass is 313 g/mol. The van der Waals surface area contributed by atoms with E-state index >= 15 is 0 Å². The van der Waals surface area contributed by atoms with Crippen LogP contribution in [0.1, 0.15) is 28.8 Å². The van der Waals surface area contributed by atoms with Crippen molar-refractivity contribution < 1.29 is 14.3 Å². The van der Waals surface area contributed by atoms with Crippen LogP contribution in [0.5, 0.6) is 11.5 Å². The molecule has 0 unspecified atom stereocenters. The Kier molecular flexibility index (Phi) is 4.24. The lowest BCUT2D eigenvalue weighted by Gasteiger charge is -2.15. The minimum absolute atomic E-state index is 0.0255. The lowest BCUT2D eigenvalue weighted by molar-refractivity contribution is 0.0983. The zero-order chi connectivity index (χ0) is 13.1. The fraction of sp³-hybridized carbons (Fsp3) is 0.462. The number of halogens is 1. The maximum atomic E-state index is 12.1. The number of carbonyl (C=O) groups is 1. The van der Waals surface area contributed by atoms with Crippen LogP contribution in [-0.2, 0) is 0 Å². The van der Waals surface area contributed by atoms with E-state index in [-0.39, 0.29) is 5.78 Å². The van der Waals surface area contributed by atoms with Crippen molar-refractivity contribution in [3.05, 3.63) is 21.7 Å². The molecule has 18 heavy (non-hydrogen) atoms. The summed E-state index contributed by atoms with van der Waals surface area (Å²) < 4.78 is 12.0. The summed E-state index contributed by atoms with van der Waals surface area (Å²) in [6.07, 6.45) is 1.18. The average Bonchev–Trinajstić information content (AvgIpc) is 2.54. The number of Topliss-reactive ketones (excluding diaryl/α,β-unsaturated/α-hetero) is 1. The molecule has 0 saturated carbocycles. The van der Waals surface area contributed by atoms with Gasteiger partial charge in [-0.05, 0) is 35.5 Å². The highest BCUT2D eigenvalue weighted by molar-refractivity contribution is 9.10. The molecule has 0 saturated heterocycles. The highest BCUT2D eigenvalue weighted by Crippen LogP contribution is 2.39. The Morgan fingerprint density at radius 2 is 2.17 bits per heavy atom. The molecule has 98 valence electrons. The number of rotatable bonds is 3. The van der Waals surface area contributed by atoms with Gasteiger partial charge in [-0.25, -0.2) is 0 Å². The van der Waals surface area contributed by atoms with Crippen LogP contribution in [0.25, 0.3) is 0 Å². The van der Waals surface area contributed by atoms with Crippen molar-refractivity contribution in [3.63, 3.8) is 0 Å². The smallest absolute Gasteiger partial charge is 0.165 e. The molecule has 0 atom stereocenters. The third-order valence-corrected chi connectivity index (χ3v) is 3.50. The molecular formula is C13H16BrNO3. The zero-order valence-electron chi connectivity index (χ0n) is 10.3. The summed E-state index contributed by atoms with van der Waals surface area (Å²) in [5.41, 5.74) is 6.90. The van der Waals surface area contributed by atoms with E-state index in [9.17, 15) is 4.79 Å². The molecule has 0 aromatic heterocycles. The molecule has 4 nitrogen and oxygen atoms in total. The van der Waals surface area contributed by atoms with Gasteiger partial charge < -0.3 is 15.2 Å². The second-order valence-corrected chi connectivity index (χ2v) is 5.05. The van der Waals surface area contributed by atoms with Gasteiger partial charge in [0.1, 0.15) is 0 Å². The normalized spacial score (nSPS) is 14.2. The van der Waals surface area contributed by atoms with Gasteiger partial charge in [0.2, 0.25) is 0 Å². The third-order valence-electron chi connectivity index (χ3n) is 2.88. The Morgan fingerprint density at radius 1 is 1.44 bits per heavy atom. The number of hydrogen-bond acceptors (Lipinski definition) is 4. The first kappa shape index (κ1) is 13.4. The molecular weight excluding hydrogens is 298 g/mol. The van der Waals surface area contributed by atoms with Crippen molar-refractivity contribution >= 4 is 21.7 Å². The topological polar surface area (TPSA) is 61.6 Å². The standard InChI is InChI=1S/C13H16BrNO3/c1-8-12(10(16)3-4-15)9(14)7-11-13(8)18-6-2-5-17-11/h7H,2-6,15H2,1H3. The lowest BCUT2D eigenvalue weighted by Crippen LogP contribution is -2.11. The number of fused-ring (bicyclic) bond motifs is 1. The minimum atomic E-state index is 0.0255. The minimum Gasteiger partial charge on any atom is -0.490 e. The molecule has 1 aromatic rings. The van der Waals surface area contributed by atoms with Gasteiger partial charge in [-0.3, -0.25) is 4.79 Å². The Balaban J connectivity index is 2.48. The molecule has 0 aliphatic carbocycles. The van der Waals surface area contributed by atoms with E-state index in [1.54, 1.807) is 6.07 Å². The average molecular weight is 314 g/mol. The first-order chi connectivity index (χ1) is 8.65. The first-order valence-corrected chi connectivity index (χ1v) is 6.76. The summed E-state index contributed by atoms with van der Waals surface area (Å²) >= 11 is 3.43. The van der Waals surface area contributed by atoms with E-state index in [1.165, 1.54) is 0 Å². The van der Waals surface area contributed by atoms with E-state index in [0.717, 1.165) is 16.5 Å². The Hall–Kier alpha value is -1.07. The second kappa shape index (κ2) is 5.71. The molecule has 0 radical (unpaired) electrons. The second-order valence-electron chi connectivity index (χ2n) is 4.20. The van der Waals surface area contributed by atoms with Crippen LogP contribution >= 0.6 is 15.9 Å². The van der Waals surface area contributed by atoms with Gasteiger partial charge in [0.05, 0.1) is 13.2 Å². The van der Waals surface area contributed by atoms with Gasteiger partial charge in [-0.15, -0.1) is 0 Å². The number of nitrogens with two attached hydrogens (primary N) is 1. The van der Waals surface area contributed by atoms with Crippen molar-refractivity contribution in [1.29, 1.82) is 0 Å². The SMILES string of the molecule is Cc1c2c(cc(Br)c1C(=O)CCN)OCCCO2. The Bertz CT molecular complexity index is 474. The molecule has 2 N–H and O–H groups in total. The van der Waals surface area contributed by atoms with Crippen LogP contribution < -0.4 is 15.2 Å². The molecule has 2 rings (SSSR count). The molecule has 0 bridgehead atoms. The van der Waals surface area contributed by atoms with E-state index in [0.29, 0.717) is 43.2 Å². The lowest BCUT2D eigenvalue weighted by atomic mass is 10.0. The highest BCUT2D eigenvalue weighted by Gasteiger charge is 2.22.